The van der Waals surface area contributed by atoms with E-state index in [1.807, 2.05) is 4.90 Å². The molecule has 0 saturated carbocycles. The van der Waals surface area contributed by atoms with E-state index in [0.717, 1.165) is 25.9 Å². The zero-order chi connectivity index (χ0) is 16.7. The number of aromatic nitrogens is 1. The summed E-state index contributed by atoms with van der Waals surface area (Å²) in [6.07, 6.45) is 2.82. The Morgan fingerprint density at radius 2 is 1.92 bits per heavy atom. The molecule has 0 aliphatic carbocycles. The van der Waals surface area contributed by atoms with Crippen molar-refractivity contribution in [2.75, 3.05) is 26.2 Å². The molecule has 1 unspecified atom stereocenters. The van der Waals surface area contributed by atoms with Crippen LogP contribution < -0.4 is 5.76 Å². The van der Waals surface area contributed by atoms with Gasteiger partial charge < -0.3 is 14.2 Å². The summed E-state index contributed by atoms with van der Waals surface area (Å²) in [4.78, 5) is 42.8. The molecule has 126 valence electrons. The molecule has 2 amide bonds. The maximum atomic E-state index is 12.8. The monoisotopic (exact) mass is 329 g/mol. The predicted molar refractivity (Wildman–Crippen MR) is 86.7 cm³/mol. The molecule has 1 atom stereocenters. The highest BCUT2D eigenvalue weighted by atomic mass is 16.4. The van der Waals surface area contributed by atoms with E-state index in [9.17, 15) is 14.4 Å². The molecule has 0 bridgehead atoms. The third kappa shape index (κ3) is 2.50. The van der Waals surface area contributed by atoms with Crippen LogP contribution in [0, 0.1) is 5.92 Å². The number of hydrogen-bond acceptors (Lipinski definition) is 4. The molecular weight excluding hydrogens is 310 g/mol. The van der Waals surface area contributed by atoms with Crippen LogP contribution in [-0.2, 0) is 4.79 Å². The SMILES string of the molecule is O=C(c1cccc2[nH]c(=O)oc12)N1CCC(C(=O)N2CCCC2)C1. The molecule has 4 rings (SSSR count). The molecule has 2 fully saturated rings. The number of carbonyl (C=O) groups is 2. The lowest BCUT2D eigenvalue weighted by Crippen LogP contribution is -2.36. The molecule has 0 spiro atoms. The second-order valence-corrected chi connectivity index (χ2v) is 6.47. The molecule has 7 nitrogen and oxygen atoms in total. The topological polar surface area (TPSA) is 86.6 Å². The van der Waals surface area contributed by atoms with Gasteiger partial charge >= 0.3 is 5.76 Å². The molecule has 1 aromatic heterocycles. The average Bonchev–Trinajstić information content (AvgIpc) is 3.31. The fraction of sp³-hybridized carbons (Fsp3) is 0.471. The number of nitrogens with one attached hydrogen (secondary N) is 1. The number of hydrogen-bond donors (Lipinski definition) is 1. The number of amides is 2. The van der Waals surface area contributed by atoms with Gasteiger partial charge in [0.25, 0.3) is 5.91 Å². The van der Waals surface area contributed by atoms with E-state index in [1.165, 1.54) is 0 Å². The molecule has 3 heterocycles. The molecule has 7 heteroatoms. The van der Waals surface area contributed by atoms with Crippen molar-refractivity contribution in [3.63, 3.8) is 0 Å². The van der Waals surface area contributed by atoms with Crippen LogP contribution >= 0.6 is 0 Å². The van der Waals surface area contributed by atoms with Crippen LogP contribution in [0.5, 0.6) is 0 Å². The lowest BCUT2D eigenvalue weighted by molar-refractivity contribution is -0.133. The Labute approximate surface area is 138 Å². The van der Waals surface area contributed by atoms with E-state index >= 15 is 0 Å². The molecule has 1 aromatic carbocycles. The third-order valence-corrected chi connectivity index (χ3v) is 4.92. The lowest BCUT2D eigenvalue weighted by atomic mass is 10.1. The lowest BCUT2D eigenvalue weighted by Gasteiger charge is -2.20. The van der Waals surface area contributed by atoms with Gasteiger partial charge in [0.2, 0.25) is 5.91 Å². The van der Waals surface area contributed by atoms with Crippen molar-refractivity contribution in [3.05, 3.63) is 34.3 Å². The highest BCUT2D eigenvalue weighted by Crippen LogP contribution is 2.25. The number of likely N-dealkylation sites (tertiary alicyclic amines) is 2. The Morgan fingerprint density at radius 3 is 2.71 bits per heavy atom. The zero-order valence-corrected chi connectivity index (χ0v) is 13.3. The van der Waals surface area contributed by atoms with Crippen LogP contribution in [0.3, 0.4) is 0 Å². The van der Waals surface area contributed by atoms with E-state index in [0.29, 0.717) is 30.6 Å². The van der Waals surface area contributed by atoms with Crippen molar-refractivity contribution >= 4 is 22.9 Å². The van der Waals surface area contributed by atoms with Gasteiger partial charge in [0.15, 0.2) is 5.58 Å². The molecule has 1 N–H and O–H groups in total. The summed E-state index contributed by atoms with van der Waals surface area (Å²) in [5, 5.41) is 0. The van der Waals surface area contributed by atoms with Gasteiger partial charge in [0, 0.05) is 26.2 Å². The summed E-state index contributed by atoms with van der Waals surface area (Å²) in [6.45, 7) is 2.64. The van der Waals surface area contributed by atoms with Gasteiger partial charge in [-0.1, -0.05) is 6.07 Å². The van der Waals surface area contributed by atoms with Gasteiger partial charge in [-0.2, -0.15) is 0 Å². The van der Waals surface area contributed by atoms with E-state index in [2.05, 4.69) is 4.98 Å². The quantitative estimate of drug-likeness (QED) is 0.897. The van der Waals surface area contributed by atoms with Crippen molar-refractivity contribution in [3.8, 4) is 0 Å². The van der Waals surface area contributed by atoms with Gasteiger partial charge in [-0.15, -0.1) is 0 Å². The molecule has 2 aliphatic heterocycles. The minimum absolute atomic E-state index is 0.121. The van der Waals surface area contributed by atoms with E-state index in [4.69, 9.17) is 4.42 Å². The Morgan fingerprint density at radius 1 is 1.12 bits per heavy atom. The number of H-pyrrole nitrogens is 1. The van der Waals surface area contributed by atoms with E-state index < -0.39 is 5.76 Å². The normalized spacial score (nSPS) is 20.9. The first kappa shape index (κ1) is 15.0. The van der Waals surface area contributed by atoms with Gasteiger partial charge in [-0.25, -0.2) is 4.79 Å². The Bertz CT molecular complexity index is 847. The minimum atomic E-state index is -0.575. The van der Waals surface area contributed by atoms with Crippen LogP contribution in [0.4, 0.5) is 0 Å². The minimum Gasteiger partial charge on any atom is -0.407 e. The van der Waals surface area contributed by atoms with E-state index in [-0.39, 0.29) is 23.3 Å². The molecule has 2 saturated heterocycles. The number of carbonyl (C=O) groups excluding carboxylic acids is 2. The van der Waals surface area contributed by atoms with Crippen LogP contribution in [0.1, 0.15) is 29.6 Å². The van der Waals surface area contributed by atoms with Gasteiger partial charge in [0.1, 0.15) is 0 Å². The number of fused-ring (bicyclic) bond motifs is 1. The van der Waals surface area contributed by atoms with Gasteiger partial charge in [-0.3, -0.25) is 14.6 Å². The number of oxazole rings is 1. The molecule has 2 aliphatic rings. The Hall–Kier alpha value is -2.57. The fourth-order valence-corrected chi connectivity index (χ4v) is 3.65. The standard InChI is InChI=1S/C17H19N3O4/c21-15(19-7-1-2-8-19)11-6-9-20(10-11)16(22)12-4-3-5-13-14(12)24-17(23)18-13/h3-5,11H,1-2,6-10H2,(H,18,23). The highest BCUT2D eigenvalue weighted by Gasteiger charge is 2.35. The third-order valence-electron chi connectivity index (χ3n) is 4.92. The maximum Gasteiger partial charge on any atom is 0.417 e. The summed E-state index contributed by atoms with van der Waals surface area (Å²) in [6, 6.07) is 5.06. The number of benzene rings is 1. The van der Waals surface area contributed by atoms with Crippen LogP contribution in [-0.4, -0.2) is 52.8 Å². The molecule has 2 aromatic rings. The first-order chi connectivity index (χ1) is 11.6. The summed E-state index contributed by atoms with van der Waals surface area (Å²) >= 11 is 0. The highest BCUT2D eigenvalue weighted by molar-refractivity contribution is 6.04. The van der Waals surface area contributed by atoms with Crippen molar-refractivity contribution in [2.45, 2.75) is 19.3 Å². The fourth-order valence-electron chi connectivity index (χ4n) is 3.65. The van der Waals surface area contributed by atoms with Crippen molar-refractivity contribution in [2.24, 2.45) is 5.92 Å². The second-order valence-electron chi connectivity index (χ2n) is 6.47. The smallest absolute Gasteiger partial charge is 0.407 e. The first-order valence-corrected chi connectivity index (χ1v) is 8.33. The van der Waals surface area contributed by atoms with Gasteiger partial charge in [0.05, 0.1) is 17.0 Å². The summed E-state index contributed by atoms with van der Waals surface area (Å²) in [7, 11) is 0. The average molecular weight is 329 g/mol. The van der Waals surface area contributed by atoms with Crippen LogP contribution in [0.25, 0.3) is 11.1 Å². The summed E-state index contributed by atoms with van der Waals surface area (Å²) in [5.41, 5.74) is 1.15. The predicted octanol–water partition coefficient (Wildman–Crippen LogP) is 1.21. The zero-order valence-electron chi connectivity index (χ0n) is 13.3. The number of para-hydroxylation sites is 1. The number of rotatable bonds is 2. The van der Waals surface area contributed by atoms with Crippen LogP contribution in [0.2, 0.25) is 0 Å². The van der Waals surface area contributed by atoms with Crippen molar-refractivity contribution < 1.29 is 14.0 Å². The van der Waals surface area contributed by atoms with Crippen LogP contribution in [0.15, 0.2) is 27.4 Å². The van der Waals surface area contributed by atoms with E-state index in [1.54, 1.807) is 23.1 Å². The summed E-state index contributed by atoms with van der Waals surface area (Å²) < 4.78 is 5.10. The van der Waals surface area contributed by atoms with Crippen molar-refractivity contribution in [1.29, 1.82) is 0 Å². The Kier molecular flexibility index (Phi) is 3.63. The molecular formula is C17H19N3O4. The second kappa shape index (κ2) is 5.81. The van der Waals surface area contributed by atoms with Gasteiger partial charge in [-0.05, 0) is 31.4 Å². The largest absolute Gasteiger partial charge is 0.417 e. The summed E-state index contributed by atoms with van der Waals surface area (Å²) in [5.74, 6) is -0.729. The first-order valence-electron chi connectivity index (χ1n) is 8.33. The number of aromatic amines is 1. The molecule has 0 radical (unpaired) electrons. The molecule has 24 heavy (non-hydrogen) atoms. The van der Waals surface area contributed by atoms with Crippen molar-refractivity contribution in [1.82, 2.24) is 14.8 Å². The number of nitrogens with zero attached hydrogens (tertiary/aromatic N) is 2. The maximum absolute atomic E-state index is 12.8. The Balaban J connectivity index is 1.53.